The lowest BCUT2D eigenvalue weighted by molar-refractivity contribution is -0.0498. The molecule has 152 valence electrons. The smallest absolute Gasteiger partial charge is 0.387 e. The predicted molar refractivity (Wildman–Crippen MR) is 108 cm³/mol. The van der Waals surface area contributed by atoms with Crippen molar-refractivity contribution in [3.05, 3.63) is 75.0 Å². The Balaban J connectivity index is 1.79. The summed E-state index contributed by atoms with van der Waals surface area (Å²) in [4.78, 5) is 12.5. The van der Waals surface area contributed by atoms with Crippen molar-refractivity contribution in [2.45, 2.75) is 27.0 Å². The van der Waals surface area contributed by atoms with E-state index in [4.69, 9.17) is 23.2 Å². The van der Waals surface area contributed by atoms with Gasteiger partial charge in [0.2, 0.25) is 0 Å². The van der Waals surface area contributed by atoms with Crippen LogP contribution in [0.5, 0.6) is 5.75 Å². The lowest BCUT2D eigenvalue weighted by atomic mass is 10.2. The van der Waals surface area contributed by atoms with Gasteiger partial charge in [-0.3, -0.25) is 9.48 Å². The molecule has 0 aliphatic carbocycles. The zero-order valence-electron chi connectivity index (χ0n) is 15.5. The van der Waals surface area contributed by atoms with Crippen LogP contribution in [-0.4, -0.2) is 22.3 Å². The highest BCUT2D eigenvalue weighted by Gasteiger charge is 2.17. The Morgan fingerprint density at radius 1 is 1.14 bits per heavy atom. The van der Waals surface area contributed by atoms with Gasteiger partial charge in [0.25, 0.3) is 5.91 Å². The molecule has 9 heteroatoms. The van der Waals surface area contributed by atoms with E-state index in [1.807, 2.05) is 6.92 Å². The molecule has 0 radical (unpaired) electrons. The Labute approximate surface area is 176 Å². The highest BCUT2D eigenvalue weighted by molar-refractivity contribution is 6.36. The SMILES string of the molecule is Cc1nn(Cc2c(Cl)cccc2Cl)c(C)c1NC(=O)c1ccc(OC(F)F)cc1. The molecule has 1 aromatic heterocycles. The van der Waals surface area contributed by atoms with E-state index in [1.165, 1.54) is 24.3 Å². The van der Waals surface area contributed by atoms with Crippen LogP contribution in [0, 0.1) is 13.8 Å². The van der Waals surface area contributed by atoms with Gasteiger partial charge in [-0.1, -0.05) is 29.3 Å². The van der Waals surface area contributed by atoms with Crippen LogP contribution in [0.2, 0.25) is 10.0 Å². The molecule has 0 fully saturated rings. The molecule has 5 nitrogen and oxygen atoms in total. The minimum atomic E-state index is -2.92. The van der Waals surface area contributed by atoms with Gasteiger partial charge in [0.1, 0.15) is 5.75 Å². The van der Waals surface area contributed by atoms with Crippen LogP contribution in [0.3, 0.4) is 0 Å². The van der Waals surface area contributed by atoms with Crippen molar-refractivity contribution in [3.8, 4) is 5.75 Å². The second-order valence-corrected chi connectivity index (χ2v) is 7.08. The first kappa shape index (κ1) is 21.1. The minimum absolute atomic E-state index is 0.0200. The molecule has 1 heterocycles. The fourth-order valence-electron chi connectivity index (χ4n) is 2.84. The van der Waals surface area contributed by atoms with Gasteiger partial charge in [0.15, 0.2) is 0 Å². The summed E-state index contributed by atoms with van der Waals surface area (Å²) < 4.78 is 30.5. The van der Waals surface area contributed by atoms with E-state index >= 15 is 0 Å². The molecule has 3 aromatic rings. The van der Waals surface area contributed by atoms with E-state index in [2.05, 4.69) is 15.2 Å². The first-order valence-electron chi connectivity index (χ1n) is 8.59. The number of anilines is 1. The molecule has 0 unspecified atom stereocenters. The van der Waals surface area contributed by atoms with Crippen LogP contribution in [0.1, 0.15) is 27.3 Å². The van der Waals surface area contributed by atoms with Crippen molar-refractivity contribution in [1.29, 1.82) is 0 Å². The van der Waals surface area contributed by atoms with Gasteiger partial charge in [-0.25, -0.2) is 0 Å². The Morgan fingerprint density at radius 2 is 1.76 bits per heavy atom. The van der Waals surface area contributed by atoms with Crippen molar-refractivity contribution >= 4 is 34.8 Å². The maximum absolute atomic E-state index is 12.5. The van der Waals surface area contributed by atoms with Crippen LogP contribution < -0.4 is 10.1 Å². The molecule has 0 spiro atoms. The normalized spacial score (nSPS) is 11.0. The largest absolute Gasteiger partial charge is 0.435 e. The van der Waals surface area contributed by atoms with Crippen molar-refractivity contribution in [2.75, 3.05) is 5.32 Å². The molecule has 1 amide bonds. The molecule has 0 atom stereocenters. The second kappa shape index (κ2) is 8.80. The van der Waals surface area contributed by atoms with E-state index in [9.17, 15) is 13.6 Å². The third-order valence-corrected chi connectivity index (χ3v) is 5.04. The van der Waals surface area contributed by atoms with E-state index in [-0.39, 0.29) is 5.75 Å². The van der Waals surface area contributed by atoms with Crippen LogP contribution in [-0.2, 0) is 6.54 Å². The monoisotopic (exact) mass is 439 g/mol. The molecule has 0 saturated heterocycles. The van der Waals surface area contributed by atoms with Gasteiger partial charge in [-0.15, -0.1) is 0 Å². The van der Waals surface area contributed by atoms with Gasteiger partial charge in [0.05, 0.1) is 23.6 Å². The van der Waals surface area contributed by atoms with E-state index in [1.54, 1.807) is 29.8 Å². The first-order valence-corrected chi connectivity index (χ1v) is 9.35. The number of benzene rings is 2. The molecule has 1 N–H and O–H groups in total. The van der Waals surface area contributed by atoms with Gasteiger partial charge in [0, 0.05) is 21.2 Å². The number of nitrogens with one attached hydrogen (secondary N) is 1. The predicted octanol–water partition coefficient (Wildman–Crippen LogP) is 5.71. The molecule has 0 aliphatic rings. The molecule has 0 bridgehead atoms. The van der Waals surface area contributed by atoms with Gasteiger partial charge in [-0.2, -0.15) is 13.9 Å². The van der Waals surface area contributed by atoms with E-state index < -0.39 is 12.5 Å². The summed E-state index contributed by atoms with van der Waals surface area (Å²) in [7, 11) is 0. The van der Waals surface area contributed by atoms with E-state index in [0.29, 0.717) is 33.5 Å². The van der Waals surface area contributed by atoms with Crippen LogP contribution in [0.4, 0.5) is 14.5 Å². The Morgan fingerprint density at radius 3 is 2.34 bits per heavy atom. The fraction of sp³-hybridized carbons (Fsp3) is 0.200. The second-order valence-electron chi connectivity index (χ2n) is 6.26. The van der Waals surface area contributed by atoms with Gasteiger partial charge >= 0.3 is 6.61 Å². The van der Waals surface area contributed by atoms with Gasteiger partial charge < -0.3 is 10.1 Å². The Kier molecular flexibility index (Phi) is 6.39. The highest BCUT2D eigenvalue weighted by Crippen LogP contribution is 2.28. The Hall–Kier alpha value is -2.64. The average Bonchev–Trinajstić information content (AvgIpc) is 2.92. The number of aromatic nitrogens is 2. The third-order valence-electron chi connectivity index (χ3n) is 4.33. The van der Waals surface area contributed by atoms with Crippen molar-refractivity contribution in [2.24, 2.45) is 0 Å². The number of alkyl halides is 2. The van der Waals surface area contributed by atoms with Crippen LogP contribution in [0.25, 0.3) is 0 Å². The van der Waals surface area contributed by atoms with E-state index in [0.717, 1.165) is 11.3 Å². The maximum atomic E-state index is 12.5. The zero-order chi connectivity index (χ0) is 21.1. The minimum Gasteiger partial charge on any atom is -0.435 e. The first-order chi connectivity index (χ1) is 13.8. The molecular weight excluding hydrogens is 423 g/mol. The highest BCUT2D eigenvalue weighted by atomic mass is 35.5. The quantitative estimate of drug-likeness (QED) is 0.535. The summed E-state index contributed by atoms with van der Waals surface area (Å²) in [5, 5.41) is 8.33. The summed E-state index contributed by atoms with van der Waals surface area (Å²) in [6.45, 7) is 1.02. The average molecular weight is 440 g/mol. The van der Waals surface area contributed by atoms with Crippen LogP contribution in [0.15, 0.2) is 42.5 Å². The van der Waals surface area contributed by atoms with Crippen molar-refractivity contribution in [1.82, 2.24) is 9.78 Å². The van der Waals surface area contributed by atoms with Crippen molar-refractivity contribution < 1.29 is 18.3 Å². The lowest BCUT2D eigenvalue weighted by Crippen LogP contribution is -2.13. The van der Waals surface area contributed by atoms with Gasteiger partial charge in [-0.05, 0) is 50.2 Å². The summed E-state index contributed by atoms with van der Waals surface area (Å²) in [6.07, 6.45) is 0. The number of carbonyl (C=O) groups is 1. The standard InChI is InChI=1S/C20H17Cl2F2N3O2/c1-11-18(25-19(28)13-6-8-14(9-7-13)29-20(23)24)12(2)27(26-11)10-15-16(21)4-3-5-17(15)22/h3-9,20H,10H2,1-2H3,(H,25,28). The fourth-order valence-corrected chi connectivity index (χ4v) is 3.36. The number of hydrogen-bond donors (Lipinski definition) is 1. The summed E-state index contributed by atoms with van der Waals surface area (Å²) in [5.41, 5.74) is 2.94. The Bertz CT molecular complexity index is 1020. The molecule has 29 heavy (non-hydrogen) atoms. The number of rotatable bonds is 6. The molecular formula is C20H17Cl2F2N3O2. The topological polar surface area (TPSA) is 56.2 Å². The molecule has 0 aliphatic heterocycles. The number of nitrogens with zero attached hydrogens (tertiary/aromatic N) is 2. The number of carbonyl (C=O) groups excluding carboxylic acids is 1. The van der Waals surface area contributed by atoms with Crippen LogP contribution >= 0.6 is 23.2 Å². The third kappa shape index (κ3) is 4.86. The molecule has 0 saturated carbocycles. The zero-order valence-corrected chi connectivity index (χ0v) is 17.1. The number of aryl methyl sites for hydroxylation is 1. The molecule has 3 rings (SSSR count). The lowest BCUT2D eigenvalue weighted by Gasteiger charge is -2.10. The number of amides is 1. The number of hydrogen-bond acceptors (Lipinski definition) is 3. The summed E-state index contributed by atoms with van der Waals surface area (Å²) in [5.74, 6) is -0.413. The number of halogens is 4. The summed E-state index contributed by atoms with van der Waals surface area (Å²) >= 11 is 12.5. The maximum Gasteiger partial charge on any atom is 0.387 e. The van der Waals surface area contributed by atoms with Crippen molar-refractivity contribution in [3.63, 3.8) is 0 Å². The molecule has 2 aromatic carbocycles. The summed E-state index contributed by atoms with van der Waals surface area (Å²) in [6, 6.07) is 10.7. The number of ether oxygens (including phenoxy) is 1.